The van der Waals surface area contributed by atoms with Crippen LogP contribution in [-0.4, -0.2) is 52.9 Å². The number of nitrogens with zero attached hydrogens (tertiary/aromatic N) is 2. The lowest BCUT2D eigenvalue weighted by molar-refractivity contribution is -0.126. The fourth-order valence-electron chi connectivity index (χ4n) is 5.80. The van der Waals surface area contributed by atoms with E-state index < -0.39 is 6.04 Å². The van der Waals surface area contributed by atoms with Crippen molar-refractivity contribution in [2.75, 3.05) is 13.1 Å². The Hall–Kier alpha value is -2.34. The van der Waals surface area contributed by atoms with Crippen LogP contribution >= 0.6 is 0 Å². The first kappa shape index (κ1) is 21.5. The maximum Gasteiger partial charge on any atom is 0.255 e. The normalized spacial score (nSPS) is 30.4. The molecule has 5 rings (SSSR count). The van der Waals surface area contributed by atoms with Gasteiger partial charge >= 0.3 is 0 Å². The van der Waals surface area contributed by atoms with Gasteiger partial charge in [-0.05, 0) is 87.2 Å². The molecule has 172 valence electrons. The molecule has 0 aromatic heterocycles. The minimum Gasteiger partial charge on any atom is -0.489 e. The number of likely N-dealkylation sites (tertiary alicyclic amines) is 1. The number of allylic oxidation sites excluding steroid dienone is 1. The summed E-state index contributed by atoms with van der Waals surface area (Å²) in [6, 6.07) is 5.88. The second-order valence-electron chi connectivity index (χ2n) is 10.8. The molecule has 1 aromatic rings. The van der Waals surface area contributed by atoms with Crippen LogP contribution in [0.4, 0.5) is 0 Å². The molecule has 1 unspecified atom stereocenters. The van der Waals surface area contributed by atoms with Gasteiger partial charge in [-0.15, -0.1) is 0 Å². The van der Waals surface area contributed by atoms with Crippen molar-refractivity contribution in [3.63, 3.8) is 0 Å². The topological polar surface area (TPSA) is 61.9 Å². The summed E-state index contributed by atoms with van der Waals surface area (Å²) in [5, 5.41) is 2.80. The van der Waals surface area contributed by atoms with E-state index in [2.05, 4.69) is 30.6 Å². The predicted octanol–water partition coefficient (Wildman–Crippen LogP) is 3.86. The van der Waals surface area contributed by atoms with E-state index in [1.807, 2.05) is 18.2 Å². The zero-order valence-electron chi connectivity index (χ0n) is 19.4. The van der Waals surface area contributed by atoms with Crippen LogP contribution in [0.5, 0.6) is 5.75 Å². The van der Waals surface area contributed by atoms with Gasteiger partial charge in [0, 0.05) is 23.8 Å². The van der Waals surface area contributed by atoms with Crippen molar-refractivity contribution in [1.29, 1.82) is 0 Å². The van der Waals surface area contributed by atoms with Crippen LogP contribution in [0.1, 0.15) is 74.7 Å². The van der Waals surface area contributed by atoms with Gasteiger partial charge in [0.15, 0.2) is 0 Å². The Balaban J connectivity index is 1.26. The summed E-state index contributed by atoms with van der Waals surface area (Å²) in [5.74, 6) is 0.653. The van der Waals surface area contributed by atoms with Gasteiger partial charge in [0.05, 0.1) is 0 Å². The quantitative estimate of drug-likeness (QED) is 0.777. The highest BCUT2D eigenvalue weighted by Gasteiger charge is 2.39. The van der Waals surface area contributed by atoms with Crippen molar-refractivity contribution in [1.82, 2.24) is 15.1 Å². The van der Waals surface area contributed by atoms with Gasteiger partial charge in [-0.25, -0.2) is 0 Å². The molecule has 4 aliphatic rings. The molecule has 6 heteroatoms. The van der Waals surface area contributed by atoms with Crippen molar-refractivity contribution in [2.24, 2.45) is 5.41 Å². The lowest BCUT2D eigenvalue weighted by atomic mass is 9.82. The number of ether oxygens (including phenoxy) is 1. The maximum absolute atomic E-state index is 13.0. The third-order valence-corrected chi connectivity index (χ3v) is 7.93. The highest BCUT2D eigenvalue weighted by atomic mass is 16.5. The number of amides is 2. The fourth-order valence-corrected chi connectivity index (χ4v) is 5.80. The summed E-state index contributed by atoms with van der Waals surface area (Å²) < 4.78 is 6.51. The lowest BCUT2D eigenvalue weighted by Gasteiger charge is -2.41. The van der Waals surface area contributed by atoms with Crippen molar-refractivity contribution in [2.45, 2.75) is 83.5 Å². The molecule has 2 saturated heterocycles. The number of hydrogen-bond acceptors (Lipinski definition) is 4. The molecule has 3 heterocycles. The molecule has 3 atom stereocenters. The first-order valence-electron chi connectivity index (χ1n) is 12.1. The number of hydrogen-bond donors (Lipinski definition) is 1. The van der Waals surface area contributed by atoms with Gasteiger partial charge in [0.1, 0.15) is 17.9 Å². The Labute approximate surface area is 191 Å². The minimum atomic E-state index is -0.424. The molecule has 6 nitrogen and oxygen atoms in total. The number of carbonyl (C=O) groups excluding carboxylic acids is 2. The molecule has 0 radical (unpaired) electrons. The Kier molecular flexibility index (Phi) is 5.52. The van der Waals surface area contributed by atoms with E-state index in [0.29, 0.717) is 36.4 Å². The SMILES string of the molecule is C=C1CCC(N2Cc3cc(O[C@H]4CCC[C@H]4N4CCC(C)(C)CC4)ccc3C2=O)C(=O)N1. The van der Waals surface area contributed by atoms with Crippen LogP contribution in [0.3, 0.4) is 0 Å². The average molecular weight is 438 g/mol. The van der Waals surface area contributed by atoms with E-state index in [1.165, 1.54) is 25.7 Å². The number of fused-ring (bicyclic) bond motifs is 1. The molecule has 1 saturated carbocycles. The zero-order chi connectivity index (χ0) is 22.5. The van der Waals surface area contributed by atoms with E-state index >= 15 is 0 Å². The largest absolute Gasteiger partial charge is 0.489 e. The summed E-state index contributed by atoms with van der Waals surface area (Å²) in [7, 11) is 0. The molecule has 2 amide bonds. The van der Waals surface area contributed by atoms with E-state index in [4.69, 9.17) is 4.74 Å². The first-order chi connectivity index (χ1) is 15.3. The standard InChI is InChI=1S/C26H35N3O3/c1-17-7-10-22(24(30)27-17)29-16-18-15-19(8-9-20(18)25(29)31)32-23-6-4-5-21(23)28-13-11-26(2,3)12-14-28/h8-9,15,21-23H,1,4-7,10-14,16H2,2-3H3,(H,27,30)/t21-,22?,23+/m1/s1. The third kappa shape index (κ3) is 4.05. The van der Waals surface area contributed by atoms with E-state index in [0.717, 1.165) is 36.5 Å². The molecule has 1 N–H and O–H groups in total. The summed E-state index contributed by atoms with van der Waals surface area (Å²) >= 11 is 0. The molecule has 1 aliphatic carbocycles. The van der Waals surface area contributed by atoms with Gasteiger partial charge in [-0.1, -0.05) is 20.4 Å². The molecule has 3 fully saturated rings. The van der Waals surface area contributed by atoms with Crippen molar-refractivity contribution in [3.8, 4) is 5.75 Å². The first-order valence-corrected chi connectivity index (χ1v) is 12.1. The monoisotopic (exact) mass is 437 g/mol. The van der Waals surface area contributed by atoms with Crippen LogP contribution in [0, 0.1) is 5.41 Å². The van der Waals surface area contributed by atoms with Crippen LogP contribution < -0.4 is 10.1 Å². The van der Waals surface area contributed by atoms with Crippen LogP contribution in [-0.2, 0) is 11.3 Å². The average Bonchev–Trinajstić information content (AvgIpc) is 3.33. The Morgan fingerprint density at radius 3 is 2.66 bits per heavy atom. The molecular formula is C26H35N3O3. The highest BCUT2D eigenvalue weighted by Crippen LogP contribution is 2.36. The summed E-state index contributed by atoms with van der Waals surface area (Å²) in [6.07, 6.45) is 7.52. The maximum atomic E-state index is 13.0. The highest BCUT2D eigenvalue weighted by molar-refractivity contribution is 6.01. The second kappa shape index (κ2) is 8.22. The van der Waals surface area contributed by atoms with Crippen molar-refractivity contribution >= 4 is 11.8 Å². The molecule has 1 aromatic carbocycles. The van der Waals surface area contributed by atoms with Gasteiger partial charge in [0.25, 0.3) is 5.91 Å². The van der Waals surface area contributed by atoms with Gasteiger partial charge in [0.2, 0.25) is 5.91 Å². The van der Waals surface area contributed by atoms with Gasteiger partial charge in [-0.2, -0.15) is 0 Å². The molecule has 32 heavy (non-hydrogen) atoms. The van der Waals surface area contributed by atoms with Crippen LogP contribution in [0.25, 0.3) is 0 Å². The Morgan fingerprint density at radius 2 is 1.91 bits per heavy atom. The smallest absolute Gasteiger partial charge is 0.255 e. The number of benzene rings is 1. The van der Waals surface area contributed by atoms with Crippen molar-refractivity contribution < 1.29 is 14.3 Å². The summed E-state index contributed by atoms with van der Waals surface area (Å²) in [4.78, 5) is 29.7. The fraction of sp³-hybridized carbons (Fsp3) is 0.615. The van der Waals surface area contributed by atoms with E-state index in [9.17, 15) is 9.59 Å². The second-order valence-corrected chi connectivity index (χ2v) is 10.8. The third-order valence-electron chi connectivity index (χ3n) is 7.93. The Bertz CT molecular complexity index is 930. The minimum absolute atomic E-state index is 0.0612. The van der Waals surface area contributed by atoms with Crippen LogP contribution in [0.15, 0.2) is 30.5 Å². The number of piperidine rings is 2. The number of carbonyl (C=O) groups is 2. The van der Waals surface area contributed by atoms with Crippen molar-refractivity contribution in [3.05, 3.63) is 41.6 Å². The molecule has 0 bridgehead atoms. The van der Waals surface area contributed by atoms with Crippen LogP contribution in [0.2, 0.25) is 0 Å². The zero-order valence-corrected chi connectivity index (χ0v) is 19.4. The lowest BCUT2D eigenvalue weighted by Crippen LogP contribution is -2.49. The summed E-state index contributed by atoms with van der Waals surface area (Å²) in [5.41, 5.74) is 2.83. The number of rotatable bonds is 4. The molecular weight excluding hydrogens is 402 g/mol. The molecule has 0 spiro atoms. The predicted molar refractivity (Wildman–Crippen MR) is 123 cm³/mol. The molecule has 3 aliphatic heterocycles. The van der Waals surface area contributed by atoms with E-state index in [-0.39, 0.29) is 17.9 Å². The Morgan fingerprint density at radius 1 is 1.12 bits per heavy atom. The van der Waals surface area contributed by atoms with Gasteiger partial charge in [-0.3, -0.25) is 14.5 Å². The number of nitrogens with one attached hydrogen (secondary N) is 1. The van der Waals surface area contributed by atoms with E-state index in [1.54, 1.807) is 4.90 Å². The summed E-state index contributed by atoms with van der Waals surface area (Å²) in [6.45, 7) is 11.3. The van der Waals surface area contributed by atoms with Gasteiger partial charge < -0.3 is 15.0 Å².